The van der Waals surface area contributed by atoms with Crippen molar-refractivity contribution in [2.24, 2.45) is 0 Å². The first-order chi connectivity index (χ1) is 11.6. The molecule has 1 amide bonds. The molecule has 1 aliphatic rings. The van der Waals surface area contributed by atoms with Crippen molar-refractivity contribution in [2.75, 3.05) is 32.7 Å². The zero-order valence-corrected chi connectivity index (χ0v) is 13.6. The summed E-state index contributed by atoms with van der Waals surface area (Å²) < 4.78 is 15.2. The zero-order valence-electron chi connectivity index (χ0n) is 12.8. The molecule has 24 heavy (non-hydrogen) atoms. The molecule has 2 aromatic rings. The van der Waals surface area contributed by atoms with Crippen LogP contribution in [-0.2, 0) is 0 Å². The van der Waals surface area contributed by atoms with E-state index < -0.39 is 5.82 Å². The van der Waals surface area contributed by atoms with Gasteiger partial charge in [0.1, 0.15) is 5.69 Å². The quantitative estimate of drug-likeness (QED) is 0.789. The van der Waals surface area contributed by atoms with Gasteiger partial charge in [0.2, 0.25) is 0 Å². The number of halogens is 2. The van der Waals surface area contributed by atoms with Crippen molar-refractivity contribution in [3.8, 4) is 18.0 Å². The van der Waals surface area contributed by atoms with Gasteiger partial charge < -0.3 is 4.90 Å². The molecule has 1 aromatic carbocycles. The van der Waals surface area contributed by atoms with Crippen LogP contribution >= 0.6 is 11.6 Å². The molecule has 3 rings (SSSR count). The molecule has 2 heterocycles. The van der Waals surface area contributed by atoms with E-state index in [-0.39, 0.29) is 22.3 Å². The maximum Gasteiger partial charge on any atom is 0.276 e. The number of benzene rings is 1. The number of hydrogen-bond donors (Lipinski definition) is 0. The molecule has 1 saturated heterocycles. The first-order valence-corrected chi connectivity index (χ1v) is 7.80. The average molecular weight is 348 g/mol. The molecule has 8 heteroatoms. The number of rotatable bonds is 3. The van der Waals surface area contributed by atoms with E-state index in [0.717, 1.165) is 0 Å². The predicted octanol–water partition coefficient (Wildman–Crippen LogP) is 1.45. The van der Waals surface area contributed by atoms with Gasteiger partial charge in [-0.1, -0.05) is 28.8 Å². The molecule has 0 N–H and O–H groups in total. The molecule has 0 spiro atoms. The summed E-state index contributed by atoms with van der Waals surface area (Å²) in [6.07, 6.45) is 6.70. The third kappa shape index (κ3) is 3.25. The van der Waals surface area contributed by atoms with Gasteiger partial charge >= 0.3 is 0 Å². The van der Waals surface area contributed by atoms with Crippen LogP contribution < -0.4 is 0 Å². The molecular formula is C16H15ClFN5O. The summed E-state index contributed by atoms with van der Waals surface area (Å²) in [6.45, 7) is 3.14. The summed E-state index contributed by atoms with van der Waals surface area (Å²) in [5, 5.41) is 7.68. The maximum absolute atomic E-state index is 14.0. The second kappa shape index (κ2) is 6.99. The number of hydrogen-bond acceptors (Lipinski definition) is 4. The number of aromatic nitrogens is 3. The highest BCUT2D eigenvalue weighted by Gasteiger charge is 2.24. The van der Waals surface area contributed by atoms with Crippen LogP contribution in [0.2, 0.25) is 5.02 Å². The zero-order chi connectivity index (χ0) is 17.1. The number of carbonyl (C=O) groups excluding carboxylic acids is 1. The summed E-state index contributed by atoms with van der Waals surface area (Å²) in [7, 11) is 0. The lowest BCUT2D eigenvalue weighted by Crippen LogP contribution is -2.48. The highest BCUT2D eigenvalue weighted by molar-refractivity contribution is 6.30. The van der Waals surface area contributed by atoms with Gasteiger partial charge in [0.25, 0.3) is 5.91 Å². The van der Waals surface area contributed by atoms with Gasteiger partial charge in [-0.15, -0.1) is 11.5 Å². The Morgan fingerprint density at radius 2 is 2.08 bits per heavy atom. The van der Waals surface area contributed by atoms with Crippen LogP contribution in [0.5, 0.6) is 0 Å². The Balaban J connectivity index is 1.73. The Morgan fingerprint density at radius 1 is 1.33 bits per heavy atom. The SMILES string of the molecule is C#CCN1CCN(C(=O)c2cn(-c3cccc(Cl)c3F)nn2)CC1. The van der Waals surface area contributed by atoms with Gasteiger partial charge in [-0.05, 0) is 12.1 Å². The summed E-state index contributed by atoms with van der Waals surface area (Å²) in [4.78, 5) is 16.3. The van der Waals surface area contributed by atoms with Gasteiger partial charge in [-0.2, -0.15) is 0 Å². The second-order valence-electron chi connectivity index (χ2n) is 5.39. The van der Waals surface area contributed by atoms with Crippen LogP contribution in [0.25, 0.3) is 5.69 Å². The number of amides is 1. The van der Waals surface area contributed by atoms with Crippen LogP contribution in [0.3, 0.4) is 0 Å². The predicted molar refractivity (Wildman–Crippen MR) is 87.5 cm³/mol. The largest absolute Gasteiger partial charge is 0.335 e. The fourth-order valence-electron chi connectivity index (χ4n) is 2.55. The van der Waals surface area contributed by atoms with Gasteiger partial charge in [-0.3, -0.25) is 9.69 Å². The van der Waals surface area contributed by atoms with E-state index in [1.165, 1.54) is 23.0 Å². The normalized spacial score (nSPS) is 15.3. The Kier molecular flexibility index (Phi) is 4.79. The Labute approximate surface area is 143 Å². The Morgan fingerprint density at radius 3 is 2.79 bits per heavy atom. The molecular weight excluding hydrogens is 333 g/mol. The van der Waals surface area contributed by atoms with Crippen LogP contribution in [0.4, 0.5) is 4.39 Å². The third-order valence-corrected chi connectivity index (χ3v) is 4.16. The monoisotopic (exact) mass is 347 g/mol. The number of nitrogens with zero attached hydrogens (tertiary/aromatic N) is 5. The van der Waals surface area contributed by atoms with Crippen molar-refractivity contribution >= 4 is 17.5 Å². The van der Waals surface area contributed by atoms with Crippen molar-refractivity contribution in [3.63, 3.8) is 0 Å². The second-order valence-corrected chi connectivity index (χ2v) is 5.80. The van der Waals surface area contributed by atoms with Crippen molar-refractivity contribution in [1.82, 2.24) is 24.8 Å². The number of terminal acetylenes is 1. The maximum atomic E-state index is 14.0. The highest BCUT2D eigenvalue weighted by Crippen LogP contribution is 2.20. The summed E-state index contributed by atoms with van der Waals surface area (Å²) in [6, 6.07) is 4.57. The van der Waals surface area contributed by atoms with E-state index in [4.69, 9.17) is 18.0 Å². The lowest BCUT2D eigenvalue weighted by atomic mass is 10.3. The van der Waals surface area contributed by atoms with Crippen molar-refractivity contribution in [3.05, 3.63) is 40.9 Å². The van der Waals surface area contributed by atoms with E-state index in [1.54, 1.807) is 11.0 Å². The molecule has 0 atom stereocenters. The van der Waals surface area contributed by atoms with Crippen molar-refractivity contribution < 1.29 is 9.18 Å². The summed E-state index contributed by atoms with van der Waals surface area (Å²) in [5.74, 6) is 1.76. The Bertz CT molecular complexity index is 792. The first-order valence-electron chi connectivity index (χ1n) is 7.42. The lowest BCUT2D eigenvalue weighted by molar-refractivity contribution is 0.0646. The highest BCUT2D eigenvalue weighted by atomic mass is 35.5. The van der Waals surface area contributed by atoms with Crippen molar-refractivity contribution in [1.29, 1.82) is 0 Å². The topological polar surface area (TPSA) is 54.3 Å². The molecule has 0 unspecified atom stereocenters. The summed E-state index contributed by atoms with van der Waals surface area (Å²) in [5.41, 5.74) is 0.313. The lowest BCUT2D eigenvalue weighted by Gasteiger charge is -2.33. The van der Waals surface area contributed by atoms with Gasteiger partial charge in [0.05, 0.1) is 17.8 Å². The molecule has 6 nitrogen and oxygen atoms in total. The molecule has 0 bridgehead atoms. The number of carbonyl (C=O) groups is 1. The van der Waals surface area contributed by atoms with E-state index in [1.807, 2.05) is 0 Å². The smallest absolute Gasteiger partial charge is 0.276 e. The first kappa shape index (κ1) is 16.4. The minimum Gasteiger partial charge on any atom is -0.335 e. The average Bonchev–Trinajstić information content (AvgIpc) is 3.07. The van der Waals surface area contributed by atoms with Crippen LogP contribution in [0.15, 0.2) is 24.4 Å². The molecule has 1 fully saturated rings. The van der Waals surface area contributed by atoms with E-state index in [0.29, 0.717) is 32.7 Å². The fraction of sp³-hybridized carbons (Fsp3) is 0.312. The van der Waals surface area contributed by atoms with Gasteiger partial charge in [0.15, 0.2) is 11.5 Å². The Hall–Kier alpha value is -2.43. The number of piperazine rings is 1. The minimum atomic E-state index is -0.606. The van der Waals surface area contributed by atoms with Crippen LogP contribution in [-0.4, -0.2) is 63.4 Å². The van der Waals surface area contributed by atoms with Gasteiger partial charge in [-0.25, -0.2) is 9.07 Å². The fourth-order valence-corrected chi connectivity index (χ4v) is 2.72. The minimum absolute atomic E-state index is 0.0134. The third-order valence-electron chi connectivity index (χ3n) is 3.86. The van der Waals surface area contributed by atoms with Gasteiger partial charge in [0, 0.05) is 26.2 Å². The van der Waals surface area contributed by atoms with Crippen molar-refractivity contribution in [2.45, 2.75) is 0 Å². The molecule has 1 aromatic heterocycles. The van der Waals surface area contributed by atoms with E-state index in [2.05, 4.69) is 21.1 Å². The summed E-state index contributed by atoms with van der Waals surface area (Å²) >= 11 is 5.76. The van der Waals surface area contributed by atoms with E-state index in [9.17, 15) is 9.18 Å². The van der Waals surface area contributed by atoms with Crippen LogP contribution in [0, 0.1) is 18.2 Å². The molecule has 0 saturated carbocycles. The molecule has 0 radical (unpaired) electrons. The standard InChI is InChI=1S/C16H15ClFN5O/c1-2-6-21-7-9-22(10-8-21)16(24)13-11-23(20-19-13)14-5-3-4-12(17)15(14)18/h1,3-5,11H,6-10H2. The van der Waals surface area contributed by atoms with Crippen LogP contribution in [0.1, 0.15) is 10.5 Å². The molecule has 1 aliphatic heterocycles. The molecule has 0 aliphatic carbocycles. The molecule has 124 valence electrons. The van der Waals surface area contributed by atoms with E-state index >= 15 is 0 Å².